The number of aldehydes is 1. The number of carbonyl (C=O) groups is 1. The molecular formula is C8H12O3. The molecule has 0 radical (unpaired) electrons. The Morgan fingerprint density at radius 3 is 2.73 bits per heavy atom. The van der Waals surface area contributed by atoms with Gasteiger partial charge in [0.05, 0.1) is 12.2 Å². The zero-order valence-electron chi connectivity index (χ0n) is 6.45. The van der Waals surface area contributed by atoms with Crippen LogP contribution < -0.4 is 0 Å². The van der Waals surface area contributed by atoms with Crippen molar-refractivity contribution in [3.8, 4) is 0 Å². The molecule has 0 aromatic heterocycles. The average Bonchev–Trinajstić information content (AvgIpc) is 1.96. The van der Waals surface area contributed by atoms with Gasteiger partial charge in [0.1, 0.15) is 6.29 Å². The summed E-state index contributed by atoms with van der Waals surface area (Å²) >= 11 is 0. The van der Waals surface area contributed by atoms with Crippen LogP contribution in [0.2, 0.25) is 0 Å². The highest BCUT2D eigenvalue weighted by Gasteiger charge is 2.23. The molecule has 3 nitrogen and oxygen atoms in total. The minimum absolute atomic E-state index is 0.350. The fourth-order valence-corrected chi connectivity index (χ4v) is 1.29. The lowest BCUT2D eigenvalue weighted by Gasteiger charge is -2.23. The van der Waals surface area contributed by atoms with Crippen LogP contribution in [0.25, 0.3) is 0 Å². The second kappa shape index (κ2) is 3.15. The maximum Gasteiger partial charge on any atom is 0.146 e. The van der Waals surface area contributed by atoms with Crippen molar-refractivity contribution in [2.24, 2.45) is 0 Å². The van der Waals surface area contributed by atoms with Crippen molar-refractivity contribution >= 4 is 6.29 Å². The normalized spacial score (nSPS) is 32.3. The fourth-order valence-electron chi connectivity index (χ4n) is 1.29. The summed E-state index contributed by atoms with van der Waals surface area (Å²) < 4.78 is 0. The van der Waals surface area contributed by atoms with Crippen molar-refractivity contribution in [2.45, 2.75) is 32.0 Å². The van der Waals surface area contributed by atoms with Crippen LogP contribution in [0.15, 0.2) is 11.1 Å². The smallest absolute Gasteiger partial charge is 0.146 e. The molecular weight excluding hydrogens is 144 g/mol. The van der Waals surface area contributed by atoms with Crippen LogP contribution in [0.5, 0.6) is 0 Å². The van der Waals surface area contributed by atoms with E-state index >= 15 is 0 Å². The highest BCUT2D eigenvalue weighted by molar-refractivity contribution is 5.75. The van der Waals surface area contributed by atoms with Gasteiger partial charge in [0.15, 0.2) is 0 Å². The second-order valence-electron chi connectivity index (χ2n) is 2.94. The molecule has 11 heavy (non-hydrogen) atoms. The average molecular weight is 156 g/mol. The van der Waals surface area contributed by atoms with E-state index in [1.165, 1.54) is 0 Å². The topological polar surface area (TPSA) is 57.5 Å². The van der Waals surface area contributed by atoms with Gasteiger partial charge in [-0.1, -0.05) is 0 Å². The molecule has 0 saturated carbocycles. The number of aliphatic hydroxyl groups is 2. The maximum atomic E-state index is 10.4. The van der Waals surface area contributed by atoms with Crippen LogP contribution in [-0.4, -0.2) is 28.7 Å². The Balaban J connectivity index is 2.85. The van der Waals surface area contributed by atoms with Gasteiger partial charge in [-0.3, -0.25) is 4.79 Å². The third kappa shape index (κ3) is 1.67. The summed E-state index contributed by atoms with van der Waals surface area (Å²) in [5.41, 5.74) is 1.24. The molecule has 3 heteroatoms. The SMILES string of the molecule is CC1=C(C=O)CC(O)CC1O. The summed E-state index contributed by atoms with van der Waals surface area (Å²) in [6.07, 6.45) is 0.240. The summed E-state index contributed by atoms with van der Waals surface area (Å²) in [6.45, 7) is 1.72. The van der Waals surface area contributed by atoms with E-state index in [0.717, 1.165) is 0 Å². The van der Waals surface area contributed by atoms with Crippen molar-refractivity contribution < 1.29 is 15.0 Å². The first kappa shape index (κ1) is 8.43. The third-order valence-corrected chi connectivity index (χ3v) is 2.10. The van der Waals surface area contributed by atoms with Crippen molar-refractivity contribution in [3.63, 3.8) is 0 Å². The minimum Gasteiger partial charge on any atom is -0.393 e. The first-order chi connectivity index (χ1) is 5.15. The van der Waals surface area contributed by atoms with E-state index in [2.05, 4.69) is 0 Å². The van der Waals surface area contributed by atoms with Gasteiger partial charge in [-0.05, 0) is 18.1 Å². The summed E-state index contributed by atoms with van der Waals surface area (Å²) in [7, 11) is 0. The Morgan fingerprint density at radius 2 is 2.18 bits per heavy atom. The number of aliphatic hydroxyl groups excluding tert-OH is 2. The molecule has 0 aromatic rings. The van der Waals surface area contributed by atoms with E-state index in [-0.39, 0.29) is 0 Å². The molecule has 0 aromatic carbocycles. The van der Waals surface area contributed by atoms with E-state index in [1.807, 2.05) is 0 Å². The quantitative estimate of drug-likeness (QED) is 0.526. The zero-order chi connectivity index (χ0) is 8.43. The van der Waals surface area contributed by atoms with E-state index in [0.29, 0.717) is 30.3 Å². The van der Waals surface area contributed by atoms with Crippen LogP contribution in [0.1, 0.15) is 19.8 Å². The molecule has 62 valence electrons. The number of hydrogen-bond acceptors (Lipinski definition) is 3. The van der Waals surface area contributed by atoms with Gasteiger partial charge in [0, 0.05) is 12.8 Å². The molecule has 0 fully saturated rings. The summed E-state index contributed by atoms with van der Waals surface area (Å²) in [6, 6.07) is 0. The van der Waals surface area contributed by atoms with E-state index in [4.69, 9.17) is 5.11 Å². The molecule has 1 aliphatic carbocycles. The van der Waals surface area contributed by atoms with Crippen LogP contribution >= 0.6 is 0 Å². The Hall–Kier alpha value is -0.670. The zero-order valence-corrected chi connectivity index (χ0v) is 6.45. The number of rotatable bonds is 1. The van der Waals surface area contributed by atoms with Crippen LogP contribution in [0, 0.1) is 0 Å². The molecule has 2 N–H and O–H groups in total. The van der Waals surface area contributed by atoms with Gasteiger partial charge < -0.3 is 10.2 Å². The molecule has 2 unspecified atom stereocenters. The van der Waals surface area contributed by atoms with E-state index < -0.39 is 12.2 Å². The van der Waals surface area contributed by atoms with Crippen molar-refractivity contribution in [3.05, 3.63) is 11.1 Å². The molecule has 1 rings (SSSR count). The molecule has 0 spiro atoms. The second-order valence-corrected chi connectivity index (χ2v) is 2.94. The first-order valence-electron chi connectivity index (χ1n) is 3.66. The highest BCUT2D eigenvalue weighted by atomic mass is 16.3. The summed E-state index contributed by atoms with van der Waals surface area (Å²) in [5, 5.41) is 18.4. The van der Waals surface area contributed by atoms with Crippen LogP contribution in [0.4, 0.5) is 0 Å². The number of hydrogen-bond donors (Lipinski definition) is 2. The summed E-state index contributed by atoms with van der Waals surface area (Å²) in [5.74, 6) is 0. The Kier molecular flexibility index (Phi) is 2.42. The predicted molar refractivity (Wildman–Crippen MR) is 40.0 cm³/mol. The van der Waals surface area contributed by atoms with Crippen molar-refractivity contribution in [2.75, 3.05) is 0 Å². The van der Waals surface area contributed by atoms with Crippen molar-refractivity contribution in [1.82, 2.24) is 0 Å². The summed E-state index contributed by atoms with van der Waals surface area (Å²) in [4.78, 5) is 10.4. The molecule has 0 heterocycles. The van der Waals surface area contributed by atoms with Gasteiger partial charge in [-0.15, -0.1) is 0 Å². The minimum atomic E-state index is -0.640. The third-order valence-electron chi connectivity index (χ3n) is 2.10. The Labute approximate surface area is 65.3 Å². The van der Waals surface area contributed by atoms with Gasteiger partial charge in [-0.2, -0.15) is 0 Å². The lowest BCUT2D eigenvalue weighted by atomic mass is 9.89. The molecule has 0 aliphatic heterocycles. The first-order valence-corrected chi connectivity index (χ1v) is 3.66. The predicted octanol–water partition coefficient (Wildman–Crippen LogP) is 0.0174. The van der Waals surface area contributed by atoms with Crippen molar-refractivity contribution in [1.29, 1.82) is 0 Å². The molecule has 0 amide bonds. The Bertz CT molecular complexity index is 196. The van der Waals surface area contributed by atoms with E-state index in [1.54, 1.807) is 6.92 Å². The van der Waals surface area contributed by atoms with Crippen LogP contribution in [-0.2, 0) is 4.79 Å². The molecule has 1 aliphatic rings. The monoisotopic (exact) mass is 156 g/mol. The Morgan fingerprint density at radius 1 is 1.55 bits per heavy atom. The van der Waals surface area contributed by atoms with Gasteiger partial charge >= 0.3 is 0 Å². The number of carbonyl (C=O) groups excluding carboxylic acids is 1. The standard InChI is InChI=1S/C8H12O3/c1-5-6(4-9)2-7(10)3-8(5)11/h4,7-8,10-11H,2-3H2,1H3. The lowest BCUT2D eigenvalue weighted by Crippen LogP contribution is -2.26. The van der Waals surface area contributed by atoms with Crippen LogP contribution in [0.3, 0.4) is 0 Å². The fraction of sp³-hybridized carbons (Fsp3) is 0.625. The van der Waals surface area contributed by atoms with Gasteiger partial charge in [-0.25, -0.2) is 0 Å². The molecule has 0 bridgehead atoms. The largest absolute Gasteiger partial charge is 0.393 e. The lowest BCUT2D eigenvalue weighted by molar-refractivity contribution is -0.105. The molecule has 2 atom stereocenters. The maximum absolute atomic E-state index is 10.4. The van der Waals surface area contributed by atoms with Gasteiger partial charge in [0.25, 0.3) is 0 Å². The van der Waals surface area contributed by atoms with E-state index in [9.17, 15) is 9.90 Å². The highest BCUT2D eigenvalue weighted by Crippen LogP contribution is 2.23. The molecule has 0 saturated heterocycles. The van der Waals surface area contributed by atoms with Gasteiger partial charge in [0.2, 0.25) is 0 Å².